The van der Waals surface area contributed by atoms with Crippen LogP contribution in [0.15, 0.2) is 36.1 Å². The van der Waals surface area contributed by atoms with E-state index in [1.165, 1.54) is 5.00 Å². The van der Waals surface area contributed by atoms with Crippen LogP contribution in [-0.4, -0.2) is 14.1 Å². The summed E-state index contributed by atoms with van der Waals surface area (Å²) in [6.45, 7) is 0. The first-order valence-corrected chi connectivity index (χ1v) is 4.51. The Morgan fingerprint density at radius 1 is 1.20 bits per heavy atom. The second-order valence-electron chi connectivity index (χ2n) is 2.20. The van der Waals surface area contributed by atoms with Gasteiger partial charge >= 0.3 is 0 Å². The number of hydrogen-bond acceptors (Lipinski definition) is 1. The molecule has 0 bridgehead atoms. The first-order chi connectivity index (χ1) is 4.97. The Kier molecular flexibility index (Phi) is 1.32. The molecule has 0 radical (unpaired) electrons. The molecule has 1 aromatic heterocycles. The van der Waals surface area contributed by atoms with E-state index in [2.05, 4.69) is 28.9 Å². The van der Waals surface area contributed by atoms with Crippen molar-refractivity contribution in [2.45, 2.75) is 0 Å². The van der Waals surface area contributed by atoms with Gasteiger partial charge in [-0.2, -0.15) is 0 Å². The Morgan fingerprint density at radius 3 is 3.00 bits per heavy atom. The van der Waals surface area contributed by atoms with E-state index in [1.807, 2.05) is 12.3 Å². The van der Waals surface area contributed by atoms with E-state index in [1.54, 1.807) is 0 Å². The van der Waals surface area contributed by atoms with Gasteiger partial charge < -0.3 is 0 Å². The maximum Gasteiger partial charge on any atom is 0.0654 e. The van der Waals surface area contributed by atoms with E-state index in [9.17, 15) is 0 Å². The zero-order valence-corrected chi connectivity index (χ0v) is 6.64. The number of nitrogens with zero attached hydrogens (tertiary/aromatic N) is 1. The Morgan fingerprint density at radius 2 is 2.10 bits per heavy atom. The monoisotopic (exact) mass is 145 g/mol. The van der Waals surface area contributed by atoms with E-state index < -0.39 is 0 Å². The van der Waals surface area contributed by atoms with Crippen molar-refractivity contribution in [2.24, 2.45) is 0 Å². The highest BCUT2D eigenvalue weighted by atomic mass is 28.2. The van der Waals surface area contributed by atoms with Gasteiger partial charge in [0.1, 0.15) is 0 Å². The number of rotatable bonds is 0. The quantitative estimate of drug-likeness (QED) is 0.509. The molecule has 2 aromatic rings. The van der Waals surface area contributed by atoms with Crippen LogP contribution >= 0.6 is 0 Å². The summed E-state index contributed by atoms with van der Waals surface area (Å²) in [6, 6.07) is 8.31. The van der Waals surface area contributed by atoms with Crippen molar-refractivity contribution in [3.63, 3.8) is 0 Å². The molecule has 1 nitrogen and oxygen atoms in total. The summed E-state index contributed by atoms with van der Waals surface area (Å²) < 4.78 is 0. The van der Waals surface area contributed by atoms with Gasteiger partial charge in [0.2, 0.25) is 0 Å². The Balaban J connectivity index is 2.89. The molecule has 0 fully saturated rings. The van der Waals surface area contributed by atoms with Gasteiger partial charge in [0.15, 0.2) is 0 Å². The molecule has 0 aliphatic heterocycles. The highest BCUT2D eigenvalue weighted by Gasteiger charge is 1.86. The Hall–Kier alpha value is -1.02. The van der Waals surface area contributed by atoms with Gasteiger partial charge in [-0.05, 0) is 11.1 Å². The molecule has 0 spiro atoms. The summed E-state index contributed by atoms with van der Waals surface area (Å²) >= 11 is 0. The number of benzene rings is 1. The third-order valence-electron chi connectivity index (χ3n) is 1.51. The van der Waals surface area contributed by atoms with E-state index in [-0.39, 0.29) is 0 Å². The van der Waals surface area contributed by atoms with Crippen molar-refractivity contribution in [3.8, 4) is 0 Å². The average Bonchev–Trinajstić information content (AvgIpc) is 2.05. The molecular weight excluding hydrogens is 138 g/mol. The van der Waals surface area contributed by atoms with Crippen LogP contribution < -0.4 is 0 Å². The fourth-order valence-electron chi connectivity index (χ4n) is 1.02. The zero-order valence-electron chi connectivity index (χ0n) is 5.49. The van der Waals surface area contributed by atoms with E-state index in [4.69, 9.17) is 0 Å². The largest absolute Gasteiger partial charge is 0.257 e. The maximum atomic E-state index is 4.23. The molecule has 0 saturated carbocycles. The lowest BCUT2D eigenvalue weighted by Gasteiger charge is -1.91. The van der Waals surface area contributed by atoms with Gasteiger partial charge in [0.25, 0.3) is 0 Å². The Bertz CT molecular complexity index is 280. The lowest BCUT2D eigenvalue weighted by atomic mass is 10.3. The predicted molar refractivity (Wildman–Crippen MR) is 44.5 cm³/mol. The second-order valence-corrected chi connectivity index (χ2v) is 3.54. The van der Waals surface area contributed by atoms with Crippen LogP contribution in [0.5, 0.6) is 0 Å². The van der Waals surface area contributed by atoms with Crippen LogP contribution in [0.2, 0.25) is 0 Å². The minimum atomic E-state index is 0.341. The molecule has 0 aliphatic carbocycles. The summed E-state index contributed by atoms with van der Waals surface area (Å²) in [5.74, 6) is 0. The fraction of sp³-hybridized carbons (Fsp3) is 0. The molecule has 2 heteroatoms. The van der Waals surface area contributed by atoms with Crippen LogP contribution in [0.4, 0.5) is 0 Å². The summed E-state index contributed by atoms with van der Waals surface area (Å²) in [5.41, 5.74) is 3.31. The van der Waals surface area contributed by atoms with Gasteiger partial charge in [0, 0.05) is 15.3 Å². The zero-order chi connectivity index (χ0) is 6.81. The second kappa shape index (κ2) is 2.31. The third kappa shape index (κ3) is 0.865. The standard InChI is InChI=1S/C8H7NSi/c1-2-4-8-7(3-1)9-5-6-10-8/h1-6,10H. The Labute approximate surface area is 61.5 Å². The summed E-state index contributed by atoms with van der Waals surface area (Å²) in [6.07, 6.45) is 1.90. The molecule has 0 atom stereocenters. The third-order valence-corrected chi connectivity index (χ3v) is 2.72. The molecule has 0 saturated heterocycles. The lowest BCUT2D eigenvalue weighted by Crippen LogP contribution is -1.79. The van der Waals surface area contributed by atoms with Crippen molar-refractivity contribution in [2.75, 3.05) is 0 Å². The van der Waals surface area contributed by atoms with Gasteiger partial charge in [-0.1, -0.05) is 23.9 Å². The van der Waals surface area contributed by atoms with Crippen LogP contribution in [0.25, 0.3) is 10.5 Å². The van der Waals surface area contributed by atoms with Gasteiger partial charge in [-0.25, -0.2) is 0 Å². The van der Waals surface area contributed by atoms with Crippen molar-refractivity contribution in [1.29, 1.82) is 0 Å². The molecule has 0 amide bonds. The SMILES string of the molecule is c1ccc2[siH]ccnc2c1. The topological polar surface area (TPSA) is 12.9 Å². The highest BCUT2D eigenvalue weighted by Crippen LogP contribution is 2.04. The van der Waals surface area contributed by atoms with Crippen LogP contribution in [0.3, 0.4) is 0 Å². The van der Waals surface area contributed by atoms with E-state index in [0.29, 0.717) is 9.12 Å². The van der Waals surface area contributed by atoms with Crippen molar-refractivity contribution >= 4 is 19.6 Å². The van der Waals surface area contributed by atoms with Gasteiger partial charge in [0.05, 0.1) is 5.52 Å². The molecule has 2 rings (SSSR count). The molecule has 1 heterocycles. The maximum absolute atomic E-state index is 4.23. The fourth-order valence-corrected chi connectivity index (χ4v) is 1.96. The van der Waals surface area contributed by atoms with Crippen molar-refractivity contribution < 1.29 is 0 Å². The summed E-state index contributed by atoms with van der Waals surface area (Å²) in [5, 5.41) is 0. The first kappa shape index (κ1) is 5.74. The van der Waals surface area contributed by atoms with Crippen LogP contribution in [-0.2, 0) is 0 Å². The lowest BCUT2D eigenvalue weighted by molar-refractivity contribution is 1.44. The summed E-state index contributed by atoms with van der Waals surface area (Å²) in [7, 11) is 0.341. The normalized spacial score (nSPS) is 10.0. The van der Waals surface area contributed by atoms with Crippen molar-refractivity contribution in [3.05, 3.63) is 36.1 Å². The van der Waals surface area contributed by atoms with Gasteiger partial charge in [-0.15, -0.1) is 0 Å². The number of fused-ring (bicyclic) bond motifs is 1. The predicted octanol–water partition coefficient (Wildman–Crippen LogP) is 1.31. The smallest absolute Gasteiger partial charge is 0.0654 e. The van der Waals surface area contributed by atoms with E-state index >= 15 is 0 Å². The molecule has 0 unspecified atom stereocenters. The first-order valence-electron chi connectivity index (χ1n) is 3.26. The number of hydrogen-bond donors (Lipinski definition) is 0. The minimum Gasteiger partial charge on any atom is -0.257 e. The average molecular weight is 145 g/mol. The molecular formula is C8H7NSi. The minimum absolute atomic E-state index is 0.341. The molecule has 0 aliphatic rings. The van der Waals surface area contributed by atoms with E-state index in [0.717, 1.165) is 5.52 Å². The molecule has 48 valence electrons. The number of aromatic nitrogens is 1. The molecule has 1 aromatic carbocycles. The van der Waals surface area contributed by atoms with Crippen LogP contribution in [0.1, 0.15) is 0 Å². The highest BCUT2D eigenvalue weighted by molar-refractivity contribution is 6.45. The molecule has 0 N–H and O–H groups in total. The number of para-hydroxylation sites is 1. The van der Waals surface area contributed by atoms with Crippen molar-refractivity contribution in [1.82, 2.24) is 4.98 Å². The summed E-state index contributed by atoms with van der Waals surface area (Å²) in [4.78, 5) is 5.64. The molecule has 10 heavy (non-hydrogen) atoms. The van der Waals surface area contributed by atoms with Crippen LogP contribution in [0, 0.1) is 0 Å². The van der Waals surface area contributed by atoms with Gasteiger partial charge in [-0.3, -0.25) is 4.98 Å².